The zero-order valence-electron chi connectivity index (χ0n) is 17.2. The highest BCUT2D eigenvalue weighted by Crippen LogP contribution is 2.27. The second kappa shape index (κ2) is 8.31. The second-order valence-electron chi connectivity index (χ2n) is 8.22. The molecule has 1 aromatic heterocycles. The first-order valence-corrected chi connectivity index (χ1v) is 11.9. The molecule has 2 amide bonds. The second-order valence-corrected chi connectivity index (χ2v) is 11.5. The summed E-state index contributed by atoms with van der Waals surface area (Å²) in [6, 6.07) is 0.384. The summed E-state index contributed by atoms with van der Waals surface area (Å²) in [7, 11) is -3.43. The molecule has 1 aromatic rings. The molecule has 1 aliphatic heterocycles. The van der Waals surface area contributed by atoms with Crippen LogP contribution < -0.4 is 11.1 Å². The molecule has 0 aromatic carbocycles. The van der Waals surface area contributed by atoms with E-state index in [0.717, 1.165) is 11.1 Å². The molecule has 0 spiro atoms. The van der Waals surface area contributed by atoms with Crippen LogP contribution in [0.4, 0.5) is 4.79 Å². The fourth-order valence-corrected chi connectivity index (χ4v) is 4.86. The highest BCUT2D eigenvalue weighted by Gasteiger charge is 2.45. The summed E-state index contributed by atoms with van der Waals surface area (Å²) >= 11 is 1.35. The SMILES string of the molecule is C[C@@H](NC(=O)[C@@H]1C[C@@H](S(C)(=O)=O)CN1C(=O)OC(C)(C)C)c1cc(C(=N)N)cs1. The number of nitrogens with one attached hydrogen (secondary N) is 2. The van der Waals surface area contributed by atoms with Crippen molar-refractivity contribution < 1.29 is 22.7 Å². The standard InChI is InChI=1S/C18H28N4O5S2/c1-10(14-6-11(9-28-14)15(19)20)21-16(23)13-7-12(29(5,25)26)8-22(13)17(24)27-18(2,3)4/h6,9-10,12-13H,7-8H2,1-5H3,(H3,19,20)(H,21,23)/t10-,12-,13+/m1/s1. The molecule has 29 heavy (non-hydrogen) atoms. The Balaban J connectivity index is 2.18. The maximum absolute atomic E-state index is 12.9. The number of nitrogens with zero attached hydrogens (tertiary/aromatic N) is 1. The van der Waals surface area contributed by atoms with E-state index in [1.165, 1.54) is 16.2 Å². The fraction of sp³-hybridized carbons (Fsp3) is 0.611. The summed E-state index contributed by atoms with van der Waals surface area (Å²) in [6.45, 7) is 6.79. The largest absolute Gasteiger partial charge is 0.444 e. The third-order valence-electron chi connectivity index (χ3n) is 4.52. The lowest BCUT2D eigenvalue weighted by Gasteiger charge is -2.28. The Bertz CT molecular complexity index is 904. The summed E-state index contributed by atoms with van der Waals surface area (Å²) in [5.74, 6) is -0.513. The van der Waals surface area contributed by atoms with Crippen LogP contribution in [-0.4, -0.2) is 60.8 Å². The number of hydrogen-bond acceptors (Lipinski definition) is 7. The number of thiophene rings is 1. The van der Waals surface area contributed by atoms with Crippen molar-refractivity contribution in [3.8, 4) is 0 Å². The summed E-state index contributed by atoms with van der Waals surface area (Å²) in [5.41, 5.74) is 5.27. The molecule has 1 fully saturated rings. The van der Waals surface area contributed by atoms with E-state index in [9.17, 15) is 18.0 Å². The molecule has 162 valence electrons. The zero-order chi connectivity index (χ0) is 22.1. The number of carbonyl (C=O) groups is 2. The number of nitrogens with two attached hydrogens (primary N) is 1. The zero-order valence-corrected chi connectivity index (χ0v) is 18.8. The highest BCUT2D eigenvalue weighted by atomic mass is 32.2. The van der Waals surface area contributed by atoms with Crippen LogP contribution >= 0.6 is 11.3 Å². The van der Waals surface area contributed by atoms with Crippen molar-refractivity contribution in [1.82, 2.24) is 10.2 Å². The topological polar surface area (TPSA) is 143 Å². The molecule has 1 saturated heterocycles. The molecular weight excluding hydrogens is 416 g/mol. The molecule has 0 radical (unpaired) electrons. The molecule has 2 rings (SSSR count). The minimum atomic E-state index is -3.43. The Morgan fingerprint density at radius 3 is 2.52 bits per heavy atom. The Hall–Kier alpha value is -2.14. The van der Waals surface area contributed by atoms with Crippen LogP contribution in [0.1, 0.15) is 50.6 Å². The molecule has 0 bridgehead atoms. The van der Waals surface area contributed by atoms with Gasteiger partial charge in [0.15, 0.2) is 9.84 Å². The van der Waals surface area contributed by atoms with Gasteiger partial charge in [-0.15, -0.1) is 11.3 Å². The summed E-state index contributed by atoms with van der Waals surface area (Å²) < 4.78 is 29.4. The Morgan fingerprint density at radius 1 is 1.41 bits per heavy atom. The highest BCUT2D eigenvalue weighted by molar-refractivity contribution is 7.91. The minimum absolute atomic E-state index is 0.0137. The van der Waals surface area contributed by atoms with Gasteiger partial charge in [0.25, 0.3) is 0 Å². The van der Waals surface area contributed by atoms with Crippen molar-refractivity contribution >= 4 is 39.0 Å². The molecule has 4 N–H and O–H groups in total. The maximum Gasteiger partial charge on any atom is 0.411 e. The number of hydrogen-bond donors (Lipinski definition) is 3. The predicted octanol–water partition coefficient (Wildman–Crippen LogP) is 1.63. The van der Waals surface area contributed by atoms with Gasteiger partial charge in [-0.2, -0.15) is 0 Å². The van der Waals surface area contributed by atoms with E-state index >= 15 is 0 Å². The number of amides is 2. The summed E-state index contributed by atoms with van der Waals surface area (Å²) in [5, 5.41) is 11.2. The quantitative estimate of drug-likeness (QED) is 0.465. The van der Waals surface area contributed by atoms with Crippen molar-refractivity contribution in [1.29, 1.82) is 5.41 Å². The molecule has 0 unspecified atom stereocenters. The van der Waals surface area contributed by atoms with Crippen molar-refractivity contribution in [2.75, 3.05) is 12.8 Å². The lowest BCUT2D eigenvalue weighted by atomic mass is 10.1. The smallest absolute Gasteiger partial charge is 0.411 e. The van der Waals surface area contributed by atoms with E-state index in [1.807, 2.05) is 0 Å². The third kappa shape index (κ3) is 5.92. The maximum atomic E-state index is 12.9. The Morgan fingerprint density at radius 2 is 2.03 bits per heavy atom. The van der Waals surface area contributed by atoms with Crippen LogP contribution in [0.25, 0.3) is 0 Å². The van der Waals surface area contributed by atoms with E-state index < -0.39 is 44.8 Å². The van der Waals surface area contributed by atoms with Crippen LogP contribution in [0, 0.1) is 5.41 Å². The number of amidine groups is 1. The lowest BCUT2D eigenvalue weighted by molar-refractivity contribution is -0.126. The first-order valence-electron chi connectivity index (χ1n) is 9.10. The van der Waals surface area contributed by atoms with Gasteiger partial charge >= 0.3 is 6.09 Å². The van der Waals surface area contributed by atoms with Crippen molar-refractivity contribution in [3.05, 3.63) is 21.9 Å². The number of rotatable bonds is 5. The number of sulfone groups is 1. The molecular formula is C18H28N4O5S2. The van der Waals surface area contributed by atoms with Gasteiger partial charge in [0.2, 0.25) is 5.91 Å². The van der Waals surface area contributed by atoms with E-state index in [4.69, 9.17) is 15.9 Å². The van der Waals surface area contributed by atoms with Crippen LogP contribution in [0.3, 0.4) is 0 Å². The first-order chi connectivity index (χ1) is 13.2. The van der Waals surface area contributed by atoms with Gasteiger partial charge in [-0.3, -0.25) is 15.1 Å². The minimum Gasteiger partial charge on any atom is -0.444 e. The summed E-state index contributed by atoms with van der Waals surface area (Å²) in [4.78, 5) is 27.5. The molecule has 9 nitrogen and oxygen atoms in total. The monoisotopic (exact) mass is 444 g/mol. The fourth-order valence-electron chi connectivity index (χ4n) is 2.98. The molecule has 0 saturated carbocycles. The predicted molar refractivity (Wildman–Crippen MR) is 112 cm³/mol. The lowest BCUT2D eigenvalue weighted by Crippen LogP contribution is -2.48. The average Bonchev–Trinajstić information content (AvgIpc) is 3.20. The van der Waals surface area contributed by atoms with Crippen LogP contribution in [0.5, 0.6) is 0 Å². The van der Waals surface area contributed by atoms with Gasteiger partial charge in [-0.25, -0.2) is 13.2 Å². The average molecular weight is 445 g/mol. The molecule has 3 atom stereocenters. The van der Waals surface area contributed by atoms with E-state index in [-0.39, 0.29) is 18.8 Å². The van der Waals surface area contributed by atoms with Gasteiger partial charge in [0.1, 0.15) is 17.5 Å². The van der Waals surface area contributed by atoms with Crippen molar-refractivity contribution in [3.63, 3.8) is 0 Å². The van der Waals surface area contributed by atoms with E-state index in [1.54, 1.807) is 39.1 Å². The van der Waals surface area contributed by atoms with Crippen LogP contribution in [0.15, 0.2) is 11.4 Å². The number of ether oxygens (including phenoxy) is 1. The van der Waals surface area contributed by atoms with E-state index in [0.29, 0.717) is 5.56 Å². The summed E-state index contributed by atoms with van der Waals surface area (Å²) in [6.07, 6.45) is 0.397. The Kier molecular flexibility index (Phi) is 6.63. The van der Waals surface area contributed by atoms with Gasteiger partial charge in [0, 0.05) is 28.6 Å². The van der Waals surface area contributed by atoms with Crippen molar-refractivity contribution in [2.24, 2.45) is 5.73 Å². The molecule has 11 heteroatoms. The van der Waals surface area contributed by atoms with Crippen molar-refractivity contribution in [2.45, 2.75) is 57.1 Å². The first kappa shape index (κ1) is 23.1. The van der Waals surface area contributed by atoms with Gasteiger partial charge in [-0.1, -0.05) is 0 Å². The number of carbonyl (C=O) groups excluding carboxylic acids is 2. The molecule has 1 aliphatic rings. The molecule has 0 aliphatic carbocycles. The van der Waals surface area contributed by atoms with Gasteiger partial charge in [-0.05, 0) is 40.2 Å². The normalized spacial score (nSPS) is 20.9. The molecule has 2 heterocycles. The van der Waals surface area contributed by atoms with Crippen LogP contribution in [0.2, 0.25) is 0 Å². The number of likely N-dealkylation sites (tertiary alicyclic amines) is 1. The Labute approximate surface area is 175 Å². The third-order valence-corrected chi connectivity index (χ3v) is 7.18. The van der Waals surface area contributed by atoms with Gasteiger partial charge < -0.3 is 15.8 Å². The number of nitrogen functional groups attached to an aromatic ring is 1. The van der Waals surface area contributed by atoms with E-state index in [2.05, 4.69) is 5.32 Å². The van der Waals surface area contributed by atoms with Gasteiger partial charge in [0.05, 0.1) is 11.3 Å². The van der Waals surface area contributed by atoms with Crippen LogP contribution in [-0.2, 0) is 19.4 Å².